The zero-order valence-electron chi connectivity index (χ0n) is 18.7. The van der Waals surface area contributed by atoms with Crippen LogP contribution in [0.3, 0.4) is 0 Å². The van der Waals surface area contributed by atoms with Crippen LogP contribution in [0.25, 0.3) is 0 Å². The van der Waals surface area contributed by atoms with Crippen LogP contribution in [0.5, 0.6) is 0 Å². The highest BCUT2D eigenvalue weighted by molar-refractivity contribution is 5.79. The second kappa shape index (κ2) is 12.6. The molecule has 2 heterocycles. The van der Waals surface area contributed by atoms with E-state index in [0.29, 0.717) is 5.91 Å². The molecule has 2 N–H and O–H groups in total. The van der Waals surface area contributed by atoms with E-state index in [-0.39, 0.29) is 0 Å². The minimum atomic E-state index is 0.321. The van der Waals surface area contributed by atoms with Gasteiger partial charge in [-0.1, -0.05) is 30.7 Å². The Morgan fingerprint density at radius 3 is 2.73 bits per heavy atom. The molecule has 1 fully saturated rings. The highest BCUT2D eigenvalue weighted by atomic mass is 16.2. The van der Waals surface area contributed by atoms with Crippen molar-refractivity contribution < 1.29 is 4.79 Å². The molecule has 0 aliphatic carbocycles. The van der Waals surface area contributed by atoms with Crippen molar-refractivity contribution in [1.82, 2.24) is 20.4 Å². The number of hydrogen-bond donors (Lipinski definition) is 2. The summed E-state index contributed by atoms with van der Waals surface area (Å²) in [5, 5.41) is 6.80. The van der Waals surface area contributed by atoms with E-state index in [4.69, 9.17) is 4.99 Å². The molecule has 0 bridgehead atoms. The van der Waals surface area contributed by atoms with Crippen LogP contribution in [-0.2, 0) is 17.8 Å². The first-order chi connectivity index (χ1) is 14.8. The number of carbonyl (C=O) groups excluding carboxylic acids is 1. The van der Waals surface area contributed by atoms with Gasteiger partial charge in [0, 0.05) is 58.8 Å². The van der Waals surface area contributed by atoms with Crippen LogP contribution < -0.4 is 10.6 Å². The third-order valence-corrected chi connectivity index (χ3v) is 6.02. The number of rotatable bonds is 9. The molecule has 0 spiro atoms. The fourth-order valence-corrected chi connectivity index (χ4v) is 4.32. The molecule has 1 aromatic carbocycles. The van der Waals surface area contributed by atoms with Gasteiger partial charge in [-0.25, -0.2) is 0 Å². The lowest BCUT2D eigenvalue weighted by Gasteiger charge is -2.28. The Bertz CT molecular complexity index is 690. The molecule has 1 aromatic rings. The number of benzene rings is 1. The lowest BCUT2D eigenvalue weighted by Crippen LogP contribution is -2.39. The summed E-state index contributed by atoms with van der Waals surface area (Å²) in [5.74, 6) is 1.21. The van der Waals surface area contributed by atoms with Crippen molar-refractivity contribution in [3.8, 4) is 0 Å². The second-order valence-electron chi connectivity index (χ2n) is 8.38. The molecule has 6 nitrogen and oxygen atoms in total. The quantitative estimate of drug-likeness (QED) is 0.371. The summed E-state index contributed by atoms with van der Waals surface area (Å²) >= 11 is 0. The molecule has 6 heteroatoms. The Hall–Kier alpha value is -2.08. The topological polar surface area (TPSA) is 60.0 Å². The van der Waals surface area contributed by atoms with Gasteiger partial charge >= 0.3 is 0 Å². The molecule has 0 radical (unpaired) electrons. The number of nitrogens with one attached hydrogen (secondary N) is 2. The molecule has 2 aliphatic heterocycles. The Morgan fingerprint density at radius 2 is 1.87 bits per heavy atom. The van der Waals surface area contributed by atoms with E-state index < -0.39 is 0 Å². The van der Waals surface area contributed by atoms with E-state index in [9.17, 15) is 4.79 Å². The van der Waals surface area contributed by atoms with Gasteiger partial charge in [-0.3, -0.25) is 14.7 Å². The number of guanidine groups is 1. The normalized spacial score (nSPS) is 18.1. The van der Waals surface area contributed by atoms with E-state index in [1.54, 1.807) is 0 Å². The lowest BCUT2D eigenvalue weighted by atomic mass is 10.00. The van der Waals surface area contributed by atoms with Crippen LogP contribution in [0.1, 0.15) is 56.6 Å². The predicted molar refractivity (Wildman–Crippen MR) is 124 cm³/mol. The maximum Gasteiger partial charge on any atom is 0.222 e. The molecule has 30 heavy (non-hydrogen) atoms. The molecular formula is C24H39N5O. The molecule has 1 saturated heterocycles. The average molecular weight is 414 g/mol. The summed E-state index contributed by atoms with van der Waals surface area (Å²) in [4.78, 5) is 21.4. The summed E-state index contributed by atoms with van der Waals surface area (Å²) < 4.78 is 0. The zero-order chi connectivity index (χ0) is 21.0. The molecule has 3 rings (SSSR count). The maximum absolute atomic E-state index is 12.1. The fourth-order valence-electron chi connectivity index (χ4n) is 4.32. The third-order valence-electron chi connectivity index (χ3n) is 6.02. The average Bonchev–Trinajstić information content (AvgIpc) is 2.98. The van der Waals surface area contributed by atoms with Gasteiger partial charge in [0.05, 0.1) is 0 Å². The number of nitrogens with zero attached hydrogens (tertiary/aromatic N) is 3. The minimum absolute atomic E-state index is 0.321. The van der Waals surface area contributed by atoms with Crippen LogP contribution in [0.4, 0.5) is 0 Å². The van der Waals surface area contributed by atoms with Gasteiger partial charge in [0.15, 0.2) is 5.96 Å². The first-order valence-electron chi connectivity index (χ1n) is 11.9. The van der Waals surface area contributed by atoms with Gasteiger partial charge in [0.2, 0.25) is 5.91 Å². The van der Waals surface area contributed by atoms with Crippen LogP contribution in [0, 0.1) is 0 Å². The van der Waals surface area contributed by atoms with Gasteiger partial charge in [0.25, 0.3) is 0 Å². The van der Waals surface area contributed by atoms with Crippen LogP contribution in [0.15, 0.2) is 29.3 Å². The van der Waals surface area contributed by atoms with Crippen LogP contribution >= 0.6 is 0 Å². The summed E-state index contributed by atoms with van der Waals surface area (Å²) in [6.07, 6.45) is 7.28. The number of carbonyl (C=O) groups is 1. The van der Waals surface area contributed by atoms with E-state index >= 15 is 0 Å². The van der Waals surface area contributed by atoms with E-state index in [0.717, 1.165) is 96.8 Å². The highest BCUT2D eigenvalue weighted by Crippen LogP contribution is 2.18. The minimum Gasteiger partial charge on any atom is -0.357 e. The predicted octanol–water partition coefficient (Wildman–Crippen LogP) is 2.78. The Balaban J connectivity index is 1.33. The number of fused-ring (bicyclic) bond motifs is 1. The van der Waals surface area contributed by atoms with Crippen molar-refractivity contribution in [2.24, 2.45) is 4.99 Å². The van der Waals surface area contributed by atoms with Gasteiger partial charge < -0.3 is 15.5 Å². The zero-order valence-corrected chi connectivity index (χ0v) is 18.7. The van der Waals surface area contributed by atoms with E-state index in [1.165, 1.54) is 17.5 Å². The molecule has 166 valence electrons. The van der Waals surface area contributed by atoms with Crippen molar-refractivity contribution >= 4 is 11.9 Å². The molecule has 0 unspecified atom stereocenters. The molecule has 1 amide bonds. The molecular weight excluding hydrogens is 374 g/mol. The largest absolute Gasteiger partial charge is 0.357 e. The summed E-state index contributed by atoms with van der Waals surface area (Å²) in [5.41, 5.74) is 2.99. The SMILES string of the molecule is CCNC(=NCCCN1CCCCCC1=O)NCCCN1CCc2ccccc2C1. The van der Waals surface area contributed by atoms with Crippen molar-refractivity contribution in [3.05, 3.63) is 35.4 Å². The van der Waals surface area contributed by atoms with Crippen molar-refractivity contribution in [1.29, 1.82) is 0 Å². The first-order valence-corrected chi connectivity index (χ1v) is 11.9. The summed E-state index contributed by atoms with van der Waals surface area (Å²) in [7, 11) is 0. The molecule has 2 aliphatic rings. The molecule has 0 aromatic heterocycles. The number of likely N-dealkylation sites (tertiary alicyclic amines) is 1. The standard InChI is InChI=1S/C24H39N5O/c1-2-25-24(27-15-9-18-29-17-7-3-4-12-23(29)30)26-14-8-16-28-19-13-21-10-5-6-11-22(21)20-28/h5-6,10-11H,2-4,7-9,12-20H2,1H3,(H2,25,26,27). The van der Waals surface area contributed by atoms with Crippen molar-refractivity contribution in [2.45, 2.75) is 58.4 Å². The number of amides is 1. The smallest absolute Gasteiger partial charge is 0.222 e. The number of hydrogen-bond acceptors (Lipinski definition) is 3. The summed E-state index contributed by atoms with van der Waals surface area (Å²) in [6, 6.07) is 8.81. The lowest BCUT2D eigenvalue weighted by molar-refractivity contribution is -0.130. The Morgan fingerprint density at radius 1 is 1.00 bits per heavy atom. The van der Waals surface area contributed by atoms with Gasteiger partial charge in [-0.05, 0) is 50.2 Å². The number of aliphatic imine (C=N–C) groups is 1. The van der Waals surface area contributed by atoms with E-state index in [1.807, 2.05) is 4.90 Å². The van der Waals surface area contributed by atoms with Crippen molar-refractivity contribution in [3.63, 3.8) is 0 Å². The highest BCUT2D eigenvalue weighted by Gasteiger charge is 2.16. The van der Waals surface area contributed by atoms with Crippen molar-refractivity contribution in [2.75, 3.05) is 45.8 Å². The maximum atomic E-state index is 12.1. The fraction of sp³-hybridized carbons (Fsp3) is 0.667. The Labute approximate surface area is 182 Å². The molecule has 0 atom stereocenters. The van der Waals surface area contributed by atoms with Gasteiger partial charge in [-0.2, -0.15) is 0 Å². The van der Waals surface area contributed by atoms with Crippen LogP contribution in [0.2, 0.25) is 0 Å². The van der Waals surface area contributed by atoms with Crippen LogP contribution in [-0.4, -0.2) is 67.5 Å². The Kier molecular flexibility index (Phi) is 9.48. The van der Waals surface area contributed by atoms with Gasteiger partial charge in [0.1, 0.15) is 0 Å². The first kappa shape index (κ1) is 22.6. The third kappa shape index (κ3) is 7.31. The second-order valence-corrected chi connectivity index (χ2v) is 8.38. The van der Waals surface area contributed by atoms with E-state index in [2.05, 4.69) is 46.7 Å². The monoisotopic (exact) mass is 413 g/mol. The summed E-state index contributed by atoms with van der Waals surface area (Å²) in [6.45, 7) is 9.71. The molecule has 0 saturated carbocycles. The van der Waals surface area contributed by atoms with Gasteiger partial charge in [-0.15, -0.1) is 0 Å².